The lowest BCUT2D eigenvalue weighted by Gasteiger charge is -2.33. The van der Waals surface area contributed by atoms with Gasteiger partial charge < -0.3 is 21.4 Å². The van der Waals surface area contributed by atoms with E-state index in [4.69, 9.17) is 5.73 Å². The van der Waals surface area contributed by atoms with Crippen LogP contribution in [0.25, 0.3) is 4.85 Å². The van der Waals surface area contributed by atoms with E-state index < -0.39 is 11.5 Å². The largest absolute Gasteiger partial charge is 0.618 e. The van der Waals surface area contributed by atoms with E-state index in [0.29, 0.717) is 28.6 Å². The van der Waals surface area contributed by atoms with Crippen LogP contribution < -0.4 is 15.8 Å². The zero-order valence-corrected chi connectivity index (χ0v) is 21.9. The molecule has 0 aromatic carbocycles. The maximum Gasteiger partial charge on any atom is 0.321 e. The third-order valence-corrected chi connectivity index (χ3v) is 8.75. The number of hydrogen-bond donors (Lipinski definition) is 3. The van der Waals surface area contributed by atoms with E-state index in [-0.39, 0.29) is 17.5 Å². The van der Waals surface area contributed by atoms with Crippen molar-refractivity contribution in [2.45, 2.75) is 75.7 Å². The van der Waals surface area contributed by atoms with Gasteiger partial charge in [-0.1, -0.05) is 0 Å². The third kappa shape index (κ3) is 5.12. The number of nitrogens with zero attached hydrogens (tertiary/aromatic N) is 3. The second-order valence-electron chi connectivity index (χ2n) is 11.6. The Kier molecular flexibility index (Phi) is 6.56. The Balaban J connectivity index is 1.23. The molecule has 8 heteroatoms. The predicted molar refractivity (Wildman–Crippen MR) is 144 cm³/mol. The van der Waals surface area contributed by atoms with Crippen LogP contribution in [0.15, 0.2) is 53.5 Å². The number of allylic oxidation sites excluding steroid dienone is 2. The number of rotatable bonds is 4. The summed E-state index contributed by atoms with van der Waals surface area (Å²) in [5.41, 5.74) is 9.47. The van der Waals surface area contributed by atoms with Gasteiger partial charge in [0.1, 0.15) is 18.8 Å². The van der Waals surface area contributed by atoms with Crippen LogP contribution in [-0.2, 0) is 0 Å². The lowest BCUT2D eigenvalue weighted by atomic mass is 9.77. The van der Waals surface area contributed by atoms with Crippen LogP contribution in [-0.4, -0.2) is 40.0 Å². The Morgan fingerprint density at radius 3 is 2.55 bits per heavy atom. The van der Waals surface area contributed by atoms with E-state index in [2.05, 4.69) is 20.8 Å². The lowest BCUT2D eigenvalue weighted by molar-refractivity contribution is -0.616. The van der Waals surface area contributed by atoms with Crippen LogP contribution in [0.3, 0.4) is 0 Å². The number of carbonyl (C=O) groups excluding carboxylic acids is 1. The fourth-order valence-electron chi connectivity index (χ4n) is 6.09. The van der Waals surface area contributed by atoms with Crippen LogP contribution in [0.4, 0.5) is 0 Å². The number of nitrogens with one attached hydrogen (secondary N) is 1. The first kappa shape index (κ1) is 24.9. The smallest absolute Gasteiger partial charge is 0.321 e. The number of amides is 1. The monoisotopic (exact) mass is 515 g/mol. The van der Waals surface area contributed by atoms with Gasteiger partial charge in [-0.15, -0.1) is 0 Å². The maximum absolute atomic E-state index is 13.3. The van der Waals surface area contributed by atoms with Gasteiger partial charge >= 0.3 is 12.1 Å². The van der Waals surface area contributed by atoms with E-state index in [9.17, 15) is 15.1 Å². The molecule has 0 spiro atoms. The Labute approximate surface area is 223 Å². The maximum atomic E-state index is 13.3. The summed E-state index contributed by atoms with van der Waals surface area (Å²) in [6, 6.07) is 8.40. The van der Waals surface area contributed by atoms with Crippen molar-refractivity contribution >= 4 is 11.6 Å². The molecule has 198 valence electrons. The topological polar surface area (TPSA) is 110 Å². The highest BCUT2D eigenvalue weighted by Crippen LogP contribution is 2.48. The van der Waals surface area contributed by atoms with Crippen LogP contribution in [0.1, 0.15) is 86.3 Å². The number of aromatic nitrogens is 1. The van der Waals surface area contributed by atoms with Gasteiger partial charge in [-0.2, -0.15) is 4.73 Å². The second-order valence-corrected chi connectivity index (χ2v) is 11.6. The van der Waals surface area contributed by atoms with Crippen molar-refractivity contribution in [3.63, 3.8) is 0 Å². The molecule has 4 fully saturated rings. The average molecular weight is 516 g/mol. The highest BCUT2D eigenvalue weighted by molar-refractivity contribution is 6.10. The van der Waals surface area contributed by atoms with Crippen LogP contribution in [0, 0.1) is 23.1 Å². The lowest BCUT2D eigenvalue weighted by Crippen LogP contribution is -2.43. The molecule has 0 bridgehead atoms. The molecule has 1 amide bonds. The number of carbonyl (C=O) groups is 1. The molecule has 6 rings (SSSR count). The van der Waals surface area contributed by atoms with Crippen molar-refractivity contribution in [2.24, 2.45) is 17.6 Å². The number of hydrogen-bond acceptors (Lipinski definition) is 4. The van der Waals surface area contributed by atoms with Crippen molar-refractivity contribution in [1.82, 2.24) is 5.32 Å². The average Bonchev–Trinajstić information content (AvgIpc) is 3.85. The number of pyridine rings is 1. The van der Waals surface area contributed by atoms with Crippen molar-refractivity contribution in [3.8, 4) is 6.07 Å². The molecule has 38 heavy (non-hydrogen) atoms. The second kappa shape index (κ2) is 10.0. The normalized spacial score (nSPS) is 28.4. The number of aliphatic hydroxyl groups is 1. The fourth-order valence-corrected chi connectivity index (χ4v) is 6.09. The van der Waals surface area contributed by atoms with E-state index in [0.717, 1.165) is 87.7 Å². The summed E-state index contributed by atoms with van der Waals surface area (Å²) in [5, 5.41) is 26.7. The summed E-state index contributed by atoms with van der Waals surface area (Å²) in [6.45, 7) is 1.79. The molecule has 5 aliphatic rings. The van der Waals surface area contributed by atoms with Crippen molar-refractivity contribution in [2.75, 3.05) is 13.1 Å². The first-order valence-corrected chi connectivity index (χ1v) is 14.1. The van der Waals surface area contributed by atoms with Crippen molar-refractivity contribution in [3.05, 3.63) is 75.0 Å². The molecule has 8 nitrogen and oxygen atoms in total. The van der Waals surface area contributed by atoms with Gasteiger partial charge in [-0.05, 0) is 74.3 Å². The van der Waals surface area contributed by atoms with E-state index in [1.165, 1.54) is 0 Å². The molecule has 1 saturated heterocycles. The predicted octanol–water partition coefficient (Wildman–Crippen LogP) is 3.46. The van der Waals surface area contributed by atoms with Gasteiger partial charge in [-0.3, -0.25) is 4.79 Å². The summed E-state index contributed by atoms with van der Waals surface area (Å²) < 4.78 is 3.00. The third-order valence-electron chi connectivity index (χ3n) is 8.75. The van der Waals surface area contributed by atoms with Crippen molar-refractivity contribution in [1.29, 1.82) is 0 Å². The van der Waals surface area contributed by atoms with E-state index in [1.807, 2.05) is 12.2 Å². The number of nitrogens with two attached hydrogens (primary N) is 1. The molecule has 1 aromatic rings. The summed E-state index contributed by atoms with van der Waals surface area (Å²) in [4.78, 5) is 17.7. The zero-order chi connectivity index (χ0) is 26.3. The molecule has 0 unspecified atom stereocenters. The Morgan fingerprint density at radius 2 is 1.87 bits per heavy atom. The molecular weight excluding hydrogens is 478 g/mol. The minimum atomic E-state index is -0.481. The van der Waals surface area contributed by atoms with Crippen LogP contribution in [0.2, 0.25) is 0 Å². The summed E-state index contributed by atoms with van der Waals surface area (Å²) in [6.07, 6.45) is 15.3. The summed E-state index contributed by atoms with van der Waals surface area (Å²) in [5.74, 6) is 0.528. The first-order valence-electron chi connectivity index (χ1n) is 14.1. The molecule has 4 N–H and O–H groups in total. The van der Waals surface area contributed by atoms with Gasteiger partial charge in [0, 0.05) is 37.0 Å². The van der Waals surface area contributed by atoms with Crippen LogP contribution in [0.5, 0.6) is 0 Å². The minimum Gasteiger partial charge on any atom is -0.618 e. The molecule has 0 atom stereocenters. The van der Waals surface area contributed by atoms with Crippen molar-refractivity contribution < 1.29 is 19.2 Å². The fraction of sp³-hybridized carbons (Fsp3) is 0.533. The standard InChI is InChI=1S/C30H35N5O3/c31-24-17-28(34-14-1-2-15-34)25(33-29(36)27-5-3-4-26(35(27)38)21-6-7-21)16-22(24)19-32-18-20-10-12-30(37,13-11-20)23-8-9-23/h3-5,16-17,19-21,23,31,37H,1-2,6-15H2/p+2/b22-19-. The summed E-state index contributed by atoms with van der Waals surface area (Å²) >= 11 is 0. The first-order chi connectivity index (χ1) is 18.4. The molecular formula is C30H37N5O3+2. The SMILES string of the molecule is NC1=CC(=[N+]2CCCC2)C(NC(=O)c2cccc(C3CC3)[n+]2[O-])=C/C1=C/[N+]#CC1CCC(O)(C2CC2)CC1. The molecule has 2 heterocycles. The van der Waals surface area contributed by atoms with Crippen LogP contribution >= 0.6 is 0 Å². The van der Waals surface area contributed by atoms with Gasteiger partial charge in [0.25, 0.3) is 11.8 Å². The van der Waals surface area contributed by atoms with Gasteiger partial charge in [0.15, 0.2) is 5.69 Å². The molecule has 3 saturated carbocycles. The summed E-state index contributed by atoms with van der Waals surface area (Å²) in [7, 11) is 0. The van der Waals surface area contributed by atoms with Gasteiger partial charge in [0.05, 0.1) is 22.8 Å². The Morgan fingerprint density at radius 1 is 1.13 bits per heavy atom. The Bertz CT molecular complexity index is 1320. The highest BCUT2D eigenvalue weighted by Gasteiger charge is 2.46. The van der Waals surface area contributed by atoms with E-state index >= 15 is 0 Å². The molecule has 1 aromatic heterocycles. The highest BCUT2D eigenvalue weighted by atomic mass is 16.5. The molecule has 4 aliphatic carbocycles. The Hall–Kier alpha value is -3.44. The minimum absolute atomic E-state index is 0.0962. The van der Waals surface area contributed by atoms with E-state index in [1.54, 1.807) is 24.4 Å². The molecule has 0 radical (unpaired) electrons. The zero-order valence-electron chi connectivity index (χ0n) is 21.9. The van der Waals surface area contributed by atoms with Gasteiger partial charge in [-0.25, -0.2) is 4.58 Å². The van der Waals surface area contributed by atoms with Gasteiger partial charge in [0.2, 0.25) is 5.71 Å². The molecule has 1 aliphatic heterocycles. The quantitative estimate of drug-likeness (QED) is 0.421.